The Bertz CT molecular complexity index is 957. The van der Waals surface area contributed by atoms with E-state index in [1.807, 2.05) is 19.1 Å². The molecular formula is C22H31N3O4S. The number of hydrogen-bond acceptors (Lipinski definition) is 5. The van der Waals surface area contributed by atoms with E-state index in [4.69, 9.17) is 15.9 Å². The summed E-state index contributed by atoms with van der Waals surface area (Å²) >= 11 is 0. The number of nitrogens with one attached hydrogen (secondary N) is 1. The number of amidine groups is 1. The van der Waals surface area contributed by atoms with Crippen molar-refractivity contribution in [1.29, 1.82) is 5.41 Å². The Morgan fingerprint density at radius 3 is 2.40 bits per heavy atom. The second-order valence-electron chi connectivity index (χ2n) is 7.34. The molecule has 0 saturated heterocycles. The zero-order chi connectivity index (χ0) is 22.3. The Balaban J connectivity index is 2.28. The van der Waals surface area contributed by atoms with E-state index in [2.05, 4.69) is 26.0 Å². The molecule has 4 N–H and O–H groups in total. The number of phenols is 1. The van der Waals surface area contributed by atoms with Gasteiger partial charge in [-0.2, -0.15) is 4.31 Å². The molecule has 164 valence electrons. The van der Waals surface area contributed by atoms with Crippen LogP contribution in [0.4, 0.5) is 0 Å². The van der Waals surface area contributed by atoms with Gasteiger partial charge in [0.1, 0.15) is 16.5 Å². The molecule has 8 heteroatoms. The predicted octanol–water partition coefficient (Wildman–Crippen LogP) is 3.07. The highest BCUT2D eigenvalue weighted by Crippen LogP contribution is 2.27. The van der Waals surface area contributed by atoms with Crippen LogP contribution < -0.4 is 5.73 Å². The molecule has 2 rings (SSSR count). The first-order valence-corrected chi connectivity index (χ1v) is 11.4. The van der Waals surface area contributed by atoms with Crippen LogP contribution in [0.5, 0.6) is 5.75 Å². The fourth-order valence-electron chi connectivity index (χ4n) is 3.01. The van der Waals surface area contributed by atoms with Gasteiger partial charge in [0.2, 0.25) is 10.0 Å². The zero-order valence-electron chi connectivity index (χ0n) is 17.8. The molecule has 0 atom stereocenters. The summed E-state index contributed by atoms with van der Waals surface area (Å²) in [7, 11) is -4.01. The molecule has 0 aliphatic heterocycles. The van der Waals surface area contributed by atoms with Gasteiger partial charge >= 0.3 is 0 Å². The third-order valence-electron chi connectivity index (χ3n) is 4.87. The summed E-state index contributed by atoms with van der Waals surface area (Å²) in [4.78, 5) is -0.262. The summed E-state index contributed by atoms with van der Waals surface area (Å²) in [6, 6.07) is 12.0. The van der Waals surface area contributed by atoms with Gasteiger partial charge in [0.05, 0.1) is 6.61 Å². The normalized spacial score (nSPS) is 11.9. The Hall–Kier alpha value is -2.42. The van der Waals surface area contributed by atoms with Crippen molar-refractivity contribution in [3.05, 3.63) is 59.2 Å². The van der Waals surface area contributed by atoms with Crippen molar-refractivity contribution in [2.24, 2.45) is 5.73 Å². The molecule has 0 spiro atoms. The lowest BCUT2D eigenvalue weighted by Crippen LogP contribution is -2.36. The fourth-order valence-corrected chi connectivity index (χ4v) is 4.55. The highest BCUT2D eigenvalue weighted by atomic mass is 32.2. The second kappa shape index (κ2) is 10.6. The average Bonchev–Trinajstić information content (AvgIpc) is 2.70. The van der Waals surface area contributed by atoms with E-state index in [0.29, 0.717) is 18.9 Å². The fraction of sp³-hybridized carbons (Fsp3) is 0.409. The number of nitrogens with zero attached hydrogens (tertiary/aromatic N) is 1. The molecule has 0 aliphatic rings. The van der Waals surface area contributed by atoms with Crippen LogP contribution in [0.15, 0.2) is 47.4 Å². The quantitative estimate of drug-likeness (QED) is 0.286. The number of nitrogens with two attached hydrogens (primary N) is 1. The van der Waals surface area contributed by atoms with Gasteiger partial charge in [-0.15, -0.1) is 0 Å². The van der Waals surface area contributed by atoms with Crippen LogP contribution in [-0.4, -0.2) is 50.0 Å². The van der Waals surface area contributed by atoms with Crippen molar-refractivity contribution in [3.8, 4) is 5.75 Å². The smallest absolute Gasteiger partial charge is 0.246 e. The van der Waals surface area contributed by atoms with Gasteiger partial charge in [-0.3, -0.25) is 5.41 Å². The first kappa shape index (κ1) is 23.9. The van der Waals surface area contributed by atoms with Gasteiger partial charge in [0.25, 0.3) is 0 Å². The van der Waals surface area contributed by atoms with Gasteiger partial charge in [0, 0.05) is 25.3 Å². The summed E-state index contributed by atoms with van der Waals surface area (Å²) in [6.45, 7) is 7.21. The Morgan fingerprint density at radius 1 is 1.17 bits per heavy atom. The predicted molar refractivity (Wildman–Crippen MR) is 119 cm³/mol. The van der Waals surface area contributed by atoms with Crippen LogP contribution in [-0.2, 0) is 21.2 Å². The molecule has 0 aromatic heterocycles. The van der Waals surface area contributed by atoms with Gasteiger partial charge in [-0.1, -0.05) is 38.1 Å². The average molecular weight is 434 g/mol. The summed E-state index contributed by atoms with van der Waals surface area (Å²) in [5, 5.41) is 17.8. The minimum Gasteiger partial charge on any atom is -0.507 e. The van der Waals surface area contributed by atoms with Crippen LogP contribution >= 0.6 is 0 Å². The molecule has 0 aliphatic carbocycles. The summed E-state index contributed by atoms with van der Waals surface area (Å²) < 4.78 is 33.2. The standard InChI is InChI=1S/C22H31N3O4S/c1-4-29-14-13-25(12-11-17-5-7-18(8-6-17)16(2)3)30(27,28)21-15-19(22(23)24)9-10-20(21)26/h5-10,15-16,26H,4,11-14H2,1-3H3,(H3,23,24). The van der Waals surface area contributed by atoms with E-state index in [1.165, 1.54) is 28.1 Å². The van der Waals surface area contributed by atoms with Crippen LogP contribution in [0.25, 0.3) is 0 Å². The van der Waals surface area contributed by atoms with Crippen molar-refractivity contribution in [2.75, 3.05) is 26.3 Å². The minimum absolute atomic E-state index is 0.157. The van der Waals surface area contributed by atoms with Crippen molar-refractivity contribution in [2.45, 2.75) is 38.0 Å². The highest BCUT2D eigenvalue weighted by molar-refractivity contribution is 7.89. The van der Waals surface area contributed by atoms with Crippen molar-refractivity contribution in [3.63, 3.8) is 0 Å². The van der Waals surface area contributed by atoms with Gasteiger partial charge in [0.15, 0.2) is 0 Å². The zero-order valence-corrected chi connectivity index (χ0v) is 18.6. The largest absolute Gasteiger partial charge is 0.507 e. The highest BCUT2D eigenvalue weighted by Gasteiger charge is 2.27. The molecule has 2 aromatic carbocycles. The topological polar surface area (TPSA) is 117 Å². The van der Waals surface area contributed by atoms with Crippen molar-refractivity contribution < 1.29 is 18.3 Å². The number of rotatable bonds is 11. The van der Waals surface area contributed by atoms with Crippen LogP contribution in [0.3, 0.4) is 0 Å². The molecule has 0 bridgehead atoms. The lowest BCUT2D eigenvalue weighted by atomic mass is 10.0. The Labute approximate surface area is 179 Å². The van der Waals surface area contributed by atoms with Crippen LogP contribution in [0.2, 0.25) is 0 Å². The summed E-state index contributed by atoms with van der Waals surface area (Å²) in [5.74, 6) is -0.209. The maximum absolute atomic E-state index is 13.3. The maximum Gasteiger partial charge on any atom is 0.246 e. The van der Waals surface area contributed by atoms with Crippen molar-refractivity contribution >= 4 is 15.9 Å². The summed E-state index contributed by atoms with van der Waals surface area (Å²) in [5.41, 5.74) is 7.98. The van der Waals surface area contributed by atoms with E-state index in [9.17, 15) is 13.5 Å². The monoisotopic (exact) mass is 433 g/mol. The van der Waals surface area contributed by atoms with E-state index in [1.54, 1.807) is 0 Å². The number of aromatic hydroxyl groups is 1. The van der Waals surface area contributed by atoms with Gasteiger partial charge in [-0.05, 0) is 48.6 Å². The summed E-state index contributed by atoms with van der Waals surface area (Å²) in [6.07, 6.45) is 0.525. The van der Waals surface area contributed by atoms with E-state index in [-0.39, 0.29) is 41.7 Å². The van der Waals surface area contributed by atoms with Crippen LogP contribution in [0, 0.1) is 5.41 Å². The van der Waals surface area contributed by atoms with Crippen molar-refractivity contribution in [1.82, 2.24) is 4.31 Å². The molecule has 30 heavy (non-hydrogen) atoms. The molecule has 2 aromatic rings. The van der Waals surface area contributed by atoms with Gasteiger partial charge < -0.3 is 15.6 Å². The Kier molecular flexibility index (Phi) is 8.40. The molecule has 0 saturated carbocycles. The molecule has 0 amide bonds. The Morgan fingerprint density at radius 2 is 1.83 bits per heavy atom. The molecular weight excluding hydrogens is 402 g/mol. The molecule has 0 fully saturated rings. The number of nitrogen functional groups attached to an aromatic ring is 1. The molecule has 7 nitrogen and oxygen atoms in total. The number of sulfonamides is 1. The molecule has 0 unspecified atom stereocenters. The number of phenolic OH excluding ortho intramolecular Hbond substituents is 1. The third kappa shape index (κ3) is 6.04. The first-order chi connectivity index (χ1) is 14.2. The number of ether oxygens (including phenoxy) is 1. The number of benzene rings is 2. The lowest BCUT2D eigenvalue weighted by Gasteiger charge is -2.23. The number of hydrogen-bond donors (Lipinski definition) is 3. The first-order valence-electron chi connectivity index (χ1n) is 10.0. The molecule has 0 heterocycles. The molecule has 0 radical (unpaired) electrons. The second-order valence-corrected chi connectivity index (χ2v) is 9.25. The van der Waals surface area contributed by atoms with E-state index >= 15 is 0 Å². The van der Waals surface area contributed by atoms with E-state index < -0.39 is 10.0 Å². The third-order valence-corrected chi connectivity index (χ3v) is 6.80. The van der Waals surface area contributed by atoms with Crippen LogP contribution in [0.1, 0.15) is 43.4 Å². The lowest BCUT2D eigenvalue weighted by molar-refractivity contribution is 0.134. The minimum atomic E-state index is -4.01. The van der Waals surface area contributed by atoms with Gasteiger partial charge in [-0.25, -0.2) is 8.42 Å². The SMILES string of the molecule is CCOCCN(CCc1ccc(C(C)C)cc1)S(=O)(=O)c1cc(C(=N)N)ccc1O. The maximum atomic E-state index is 13.3. The van der Waals surface area contributed by atoms with E-state index in [0.717, 1.165) is 5.56 Å².